The molecule has 0 fully saturated rings. The minimum Gasteiger partial charge on any atom is -0.457 e. The van der Waals surface area contributed by atoms with Crippen LogP contribution < -0.4 is 10.2 Å². The molecule has 0 bridgehead atoms. The van der Waals surface area contributed by atoms with Crippen molar-refractivity contribution in [2.75, 3.05) is 6.54 Å². The van der Waals surface area contributed by atoms with Gasteiger partial charge in [0.2, 0.25) is 5.76 Å². The van der Waals surface area contributed by atoms with Gasteiger partial charge in [-0.25, -0.2) is 0 Å². The Balaban J connectivity index is 1.66. The number of hydrogen-bond acceptors (Lipinski definition) is 4. The molecule has 0 saturated carbocycles. The number of hydrogen-bond donors (Lipinski definition) is 0. The maximum Gasteiger partial charge on any atom is 0.290 e. The van der Waals surface area contributed by atoms with E-state index >= 15 is 0 Å². The Bertz CT molecular complexity index is 1440. The van der Waals surface area contributed by atoms with Crippen LogP contribution in [-0.2, 0) is 0 Å². The SMILES string of the molecule is CCCCN1C(=O)c2oc3cc(C)c(C)cc3c(=O)c2C1c1cccc(Oc2ccccc2)c1. The van der Waals surface area contributed by atoms with Gasteiger partial charge in [-0.05, 0) is 73.4 Å². The fourth-order valence-corrected chi connectivity index (χ4v) is 4.55. The Morgan fingerprint density at radius 1 is 0.912 bits per heavy atom. The van der Waals surface area contributed by atoms with Gasteiger partial charge in [-0.15, -0.1) is 0 Å². The van der Waals surface area contributed by atoms with Crippen molar-refractivity contribution in [3.05, 3.63) is 105 Å². The molecular weight excluding hydrogens is 426 g/mol. The number of benzene rings is 3. The fraction of sp³-hybridized carbons (Fsp3) is 0.241. The maximum atomic E-state index is 13.7. The molecule has 172 valence electrons. The highest BCUT2D eigenvalue weighted by molar-refractivity contribution is 5.99. The second-order valence-electron chi connectivity index (χ2n) is 8.85. The summed E-state index contributed by atoms with van der Waals surface area (Å²) in [5.41, 5.74) is 3.58. The smallest absolute Gasteiger partial charge is 0.290 e. The molecule has 1 unspecified atom stereocenters. The normalized spacial score (nSPS) is 15.1. The third-order valence-corrected chi connectivity index (χ3v) is 6.49. The predicted octanol–water partition coefficient (Wildman–Crippen LogP) is 6.55. The number of nitrogens with zero attached hydrogens (tertiary/aromatic N) is 1. The van der Waals surface area contributed by atoms with Gasteiger partial charge in [0.1, 0.15) is 17.1 Å². The van der Waals surface area contributed by atoms with Gasteiger partial charge < -0.3 is 14.1 Å². The molecule has 5 heteroatoms. The topological polar surface area (TPSA) is 59.8 Å². The lowest BCUT2D eigenvalue weighted by molar-refractivity contribution is 0.0725. The summed E-state index contributed by atoms with van der Waals surface area (Å²) in [4.78, 5) is 29.0. The highest BCUT2D eigenvalue weighted by Crippen LogP contribution is 2.39. The van der Waals surface area contributed by atoms with Crippen molar-refractivity contribution in [1.82, 2.24) is 4.90 Å². The average Bonchev–Trinajstić information content (AvgIpc) is 3.11. The Hall–Kier alpha value is -3.86. The summed E-state index contributed by atoms with van der Waals surface area (Å²) in [6.07, 6.45) is 1.77. The molecule has 0 aliphatic carbocycles. The molecule has 1 aromatic heterocycles. The van der Waals surface area contributed by atoms with Gasteiger partial charge in [0, 0.05) is 6.54 Å². The largest absolute Gasteiger partial charge is 0.457 e. The number of fused-ring (bicyclic) bond motifs is 2. The van der Waals surface area contributed by atoms with Crippen LogP contribution in [0.4, 0.5) is 0 Å². The standard InChI is InChI=1S/C29H27NO4/c1-4-5-14-30-26(20-10-9-13-22(17-20)33-21-11-7-6-8-12-21)25-27(31)23-15-18(2)19(3)16-24(23)34-28(25)29(30)32/h6-13,15-17,26H,4-5,14H2,1-3H3. The van der Waals surface area contributed by atoms with Crippen molar-refractivity contribution in [3.63, 3.8) is 0 Å². The molecule has 1 aliphatic heterocycles. The summed E-state index contributed by atoms with van der Waals surface area (Å²) < 4.78 is 12.1. The molecular formula is C29H27NO4. The summed E-state index contributed by atoms with van der Waals surface area (Å²) in [6, 6.07) is 20.3. The minimum absolute atomic E-state index is 0.147. The third kappa shape index (κ3) is 3.77. The number of unbranched alkanes of at least 4 members (excludes halogenated alkanes) is 1. The molecule has 5 rings (SSSR count). The summed E-state index contributed by atoms with van der Waals surface area (Å²) in [5.74, 6) is 1.29. The number of rotatable bonds is 6. The zero-order chi connectivity index (χ0) is 23.8. The number of aryl methyl sites for hydroxylation is 2. The van der Waals surface area contributed by atoms with E-state index < -0.39 is 6.04 Å². The van der Waals surface area contributed by atoms with Crippen molar-refractivity contribution >= 4 is 16.9 Å². The Morgan fingerprint density at radius 2 is 1.65 bits per heavy atom. The van der Waals surface area contributed by atoms with E-state index in [2.05, 4.69) is 6.92 Å². The zero-order valence-electron chi connectivity index (χ0n) is 19.6. The van der Waals surface area contributed by atoms with Crippen molar-refractivity contribution in [2.45, 2.75) is 39.7 Å². The first kappa shape index (κ1) is 22.0. The molecule has 1 atom stereocenters. The van der Waals surface area contributed by atoms with Crippen molar-refractivity contribution in [3.8, 4) is 11.5 Å². The first-order chi connectivity index (χ1) is 16.5. The molecule has 0 radical (unpaired) electrons. The number of carbonyl (C=O) groups is 1. The Labute approximate surface area is 198 Å². The lowest BCUT2D eigenvalue weighted by atomic mass is 9.97. The van der Waals surface area contributed by atoms with E-state index in [9.17, 15) is 9.59 Å². The van der Waals surface area contributed by atoms with Gasteiger partial charge >= 0.3 is 0 Å². The van der Waals surface area contributed by atoms with E-state index in [1.165, 1.54) is 0 Å². The van der Waals surface area contributed by atoms with E-state index in [1.54, 1.807) is 4.90 Å². The van der Waals surface area contributed by atoms with Gasteiger partial charge in [0.15, 0.2) is 5.43 Å². The van der Waals surface area contributed by atoms with Crippen LogP contribution in [0.3, 0.4) is 0 Å². The first-order valence-corrected chi connectivity index (χ1v) is 11.7. The second-order valence-corrected chi connectivity index (χ2v) is 8.85. The van der Waals surface area contributed by atoms with Gasteiger partial charge in [-0.3, -0.25) is 9.59 Å². The van der Waals surface area contributed by atoms with Crippen LogP contribution in [0.15, 0.2) is 75.9 Å². The monoisotopic (exact) mass is 453 g/mol. The Morgan fingerprint density at radius 3 is 2.41 bits per heavy atom. The number of ether oxygens (including phenoxy) is 1. The van der Waals surface area contributed by atoms with Crippen LogP contribution in [0.1, 0.15) is 58.6 Å². The fourth-order valence-electron chi connectivity index (χ4n) is 4.55. The van der Waals surface area contributed by atoms with Gasteiger partial charge in [-0.2, -0.15) is 0 Å². The molecule has 5 nitrogen and oxygen atoms in total. The van der Waals surface area contributed by atoms with E-state index in [1.807, 2.05) is 80.6 Å². The summed E-state index contributed by atoms with van der Waals surface area (Å²) in [7, 11) is 0. The average molecular weight is 454 g/mol. The first-order valence-electron chi connectivity index (χ1n) is 11.7. The van der Waals surface area contributed by atoms with E-state index in [0.29, 0.717) is 28.8 Å². The lowest BCUT2D eigenvalue weighted by Crippen LogP contribution is -2.30. The molecule has 4 aromatic rings. The van der Waals surface area contributed by atoms with Crippen LogP contribution in [-0.4, -0.2) is 17.4 Å². The van der Waals surface area contributed by atoms with Gasteiger partial charge in [0.25, 0.3) is 5.91 Å². The van der Waals surface area contributed by atoms with Crippen LogP contribution in [0.25, 0.3) is 11.0 Å². The quantitative estimate of drug-likeness (QED) is 0.332. The molecule has 1 aliphatic rings. The van der Waals surface area contributed by atoms with Crippen molar-refractivity contribution < 1.29 is 13.9 Å². The highest BCUT2D eigenvalue weighted by Gasteiger charge is 2.42. The second kappa shape index (κ2) is 8.82. The molecule has 1 amide bonds. The molecule has 34 heavy (non-hydrogen) atoms. The van der Waals surface area contributed by atoms with Crippen LogP contribution in [0.2, 0.25) is 0 Å². The van der Waals surface area contributed by atoms with Gasteiger partial charge in [-0.1, -0.05) is 43.7 Å². The lowest BCUT2D eigenvalue weighted by Gasteiger charge is -2.25. The van der Waals surface area contributed by atoms with E-state index in [4.69, 9.17) is 9.15 Å². The van der Waals surface area contributed by atoms with Gasteiger partial charge in [0.05, 0.1) is 17.0 Å². The highest BCUT2D eigenvalue weighted by atomic mass is 16.5. The number of para-hydroxylation sites is 1. The summed E-state index contributed by atoms with van der Waals surface area (Å²) in [6.45, 7) is 6.57. The van der Waals surface area contributed by atoms with Crippen LogP contribution >= 0.6 is 0 Å². The molecule has 0 N–H and O–H groups in total. The van der Waals surface area contributed by atoms with Crippen molar-refractivity contribution in [1.29, 1.82) is 0 Å². The molecule has 3 aromatic carbocycles. The van der Waals surface area contributed by atoms with Crippen molar-refractivity contribution in [2.24, 2.45) is 0 Å². The summed E-state index contributed by atoms with van der Waals surface area (Å²) >= 11 is 0. The molecule has 0 saturated heterocycles. The van der Waals surface area contributed by atoms with E-state index in [-0.39, 0.29) is 17.1 Å². The predicted molar refractivity (Wildman–Crippen MR) is 133 cm³/mol. The zero-order valence-corrected chi connectivity index (χ0v) is 19.6. The molecule has 0 spiro atoms. The number of amides is 1. The minimum atomic E-state index is -0.518. The Kier molecular flexibility index (Phi) is 5.70. The summed E-state index contributed by atoms with van der Waals surface area (Å²) in [5, 5.41) is 0.508. The molecule has 2 heterocycles. The maximum absolute atomic E-state index is 13.7. The van der Waals surface area contributed by atoms with Crippen LogP contribution in [0, 0.1) is 13.8 Å². The third-order valence-electron chi connectivity index (χ3n) is 6.49. The van der Waals surface area contributed by atoms with E-state index in [0.717, 1.165) is 35.3 Å². The van der Waals surface area contributed by atoms with Crippen LogP contribution in [0.5, 0.6) is 11.5 Å². The number of carbonyl (C=O) groups excluding carboxylic acids is 1.